The number of thioether (sulfide) groups is 1. The number of amides is 1. The number of methoxy groups -OCH3 is 1. The molecule has 1 atom stereocenters. The molecule has 144 valence electrons. The predicted octanol–water partition coefficient (Wildman–Crippen LogP) is 5.98. The van der Waals surface area contributed by atoms with Gasteiger partial charge in [0, 0.05) is 28.5 Å². The van der Waals surface area contributed by atoms with Crippen molar-refractivity contribution in [3.05, 3.63) is 45.1 Å². The maximum atomic E-state index is 12.8. The van der Waals surface area contributed by atoms with Crippen molar-refractivity contribution >= 4 is 40.6 Å². The van der Waals surface area contributed by atoms with E-state index in [-0.39, 0.29) is 11.3 Å². The average molecular weight is 422 g/mol. The fraction of sp³-hybridized carbons (Fsp3) is 0.476. The summed E-state index contributed by atoms with van der Waals surface area (Å²) >= 11 is 9.43. The van der Waals surface area contributed by atoms with Crippen LogP contribution in [0, 0.1) is 5.41 Å². The molecule has 2 aromatic rings. The second kappa shape index (κ2) is 8.06. The lowest BCUT2D eigenvalue weighted by Gasteiger charge is -2.42. The molecule has 2 aliphatic rings. The zero-order valence-electron chi connectivity index (χ0n) is 15.4. The van der Waals surface area contributed by atoms with Gasteiger partial charge < -0.3 is 10.1 Å². The molecule has 6 heteroatoms. The molecule has 1 aromatic heterocycles. The summed E-state index contributed by atoms with van der Waals surface area (Å²) in [6.07, 6.45) is 6.13. The lowest BCUT2D eigenvalue weighted by Crippen LogP contribution is -2.43. The fourth-order valence-electron chi connectivity index (χ4n) is 4.60. The highest BCUT2D eigenvalue weighted by Gasteiger charge is 2.43. The molecule has 2 heterocycles. The molecule has 0 spiro atoms. The third-order valence-electron chi connectivity index (χ3n) is 6.04. The highest BCUT2D eigenvalue weighted by molar-refractivity contribution is 7.99. The van der Waals surface area contributed by atoms with Crippen LogP contribution in [0.25, 0.3) is 0 Å². The third kappa shape index (κ3) is 3.62. The smallest absolute Gasteiger partial charge is 0.255 e. The number of halogens is 1. The summed E-state index contributed by atoms with van der Waals surface area (Å²) in [6.45, 7) is 0.710. The lowest BCUT2D eigenvalue weighted by atomic mass is 9.64. The van der Waals surface area contributed by atoms with Crippen molar-refractivity contribution in [3.8, 4) is 5.75 Å². The summed E-state index contributed by atoms with van der Waals surface area (Å²) in [6, 6.07) is 8.77. The zero-order valence-corrected chi connectivity index (χ0v) is 17.8. The van der Waals surface area contributed by atoms with E-state index >= 15 is 0 Å². The summed E-state index contributed by atoms with van der Waals surface area (Å²) in [5.74, 6) is 2.02. The Morgan fingerprint density at radius 1 is 1.30 bits per heavy atom. The Balaban J connectivity index is 1.56. The van der Waals surface area contributed by atoms with Gasteiger partial charge in [-0.3, -0.25) is 4.79 Å². The van der Waals surface area contributed by atoms with Crippen LogP contribution in [0.1, 0.15) is 53.9 Å². The van der Waals surface area contributed by atoms with Gasteiger partial charge in [-0.2, -0.15) is 0 Å². The molecule has 1 N–H and O–H groups in total. The number of benzene rings is 1. The van der Waals surface area contributed by atoms with Crippen LogP contribution in [0.15, 0.2) is 34.5 Å². The molecule has 0 bridgehead atoms. The van der Waals surface area contributed by atoms with Crippen LogP contribution < -0.4 is 10.1 Å². The number of hydrogen-bond acceptors (Lipinski definition) is 4. The number of carbonyl (C=O) groups is 1. The molecule has 1 aliphatic carbocycles. The number of thiophene rings is 1. The minimum atomic E-state index is -0.0844. The standard InChI is InChI=1S/C21H24ClNO2S2/c1-25-18-15(11-27-19(18)22)20(24)23-13-21(9-5-2-6-10-21)16-12-26-17-8-4-3-7-14(16)17/h3-4,7-8,11,16H,2,5-6,9-10,12-13H2,1H3,(H,23,24). The summed E-state index contributed by atoms with van der Waals surface area (Å²) in [7, 11) is 1.56. The lowest BCUT2D eigenvalue weighted by molar-refractivity contribution is 0.0885. The van der Waals surface area contributed by atoms with Gasteiger partial charge in [0.25, 0.3) is 5.91 Å². The second-order valence-corrected chi connectivity index (χ2v) is 10.0. The van der Waals surface area contributed by atoms with E-state index in [1.807, 2.05) is 11.8 Å². The molecule has 1 aromatic carbocycles. The van der Waals surface area contributed by atoms with Crippen LogP contribution in [0.5, 0.6) is 5.75 Å². The number of ether oxygens (including phenoxy) is 1. The average Bonchev–Trinajstić information content (AvgIpc) is 3.30. The van der Waals surface area contributed by atoms with E-state index in [0.717, 1.165) is 5.75 Å². The molecular formula is C21H24ClNO2S2. The Morgan fingerprint density at radius 2 is 2.07 bits per heavy atom. The van der Waals surface area contributed by atoms with Crippen molar-refractivity contribution in [1.82, 2.24) is 5.32 Å². The third-order valence-corrected chi connectivity index (χ3v) is 8.41. The normalized spacial score (nSPS) is 20.9. The molecule has 1 aliphatic heterocycles. The number of hydrogen-bond donors (Lipinski definition) is 1. The molecule has 0 radical (unpaired) electrons. The molecule has 0 saturated heterocycles. The maximum absolute atomic E-state index is 12.8. The van der Waals surface area contributed by atoms with E-state index in [2.05, 4.69) is 29.6 Å². The van der Waals surface area contributed by atoms with Crippen molar-refractivity contribution in [2.45, 2.75) is 42.9 Å². The first-order chi connectivity index (χ1) is 13.1. The van der Waals surface area contributed by atoms with Crippen LogP contribution in [-0.4, -0.2) is 25.3 Å². The van der Waals surface area contributed by atoms with E-state index in [1.54, 1.807) is 12.5 Å². The van der Waals surface area contributed by atoms with E-state index in [9.17, 15) is 4.79 Å². The Morgan fingerprint density at radius 3 is 2.85 bits per heavy atom. The van der Waals surface area contributed by atoms with E-state index in [1.165, 1.54) is 53.9 Å². The van der Waals surface area contributed by atoms with Crippen molar-refractivity contribution in [2.75, 3.05) is 19.4 Å². The van der Waals surface area contributed by atoms with Crippen LogP contribution >= 0.6 is 34.7 Å². The van der Waals surface area contributed by atoms with Crippen LogP contribution in [0.2, 0.25) is 4.34 Å². The molecule has 1 unspecified atom stereocenters. The Bertz CT molecular complexity index is 829. The molecule has 1 amide bonds. The minimum Gasteiger partial charge on any atom is -0.493 e. The van der Waals surface area contributed by atoms with Crippen LogP contribution in [-0.2, 0) is 0 Å². The number of nitrogens with one attached hydrogen (secondary N) is 1. The van der Waals surface area contributed by atoms with Gasteiger partial charge in [-0.05, 0) is 29.9 Å². The predicted molar refractivity (Wildman–Crippen MR) is 114 cm³/mol. The summed E-state index contributed by atoms with van der Waals surface area (Å²) in [5.41, 5.74) is 2.15. The Kier molecular flexibility index (Phi) is 5.72. The van der Waals surface area contributed by atoms with Gasteiger partial charge in [0.1, 0.15) is 4.34 Å². The van der Waals surface area contributed by atoms with Gasteiger partial charge in [0.15, 0.2) is 5.75 Å². The summed E-state index contributed by atoms with van der Waals surface area (Å²) < 4.78 is 5.84. The Labute approximate surface area is 173 Å². The van der Waals surface area contributed by atoms with E-state index in [0.29, 0.717) is 28.1 Å². The van der Waals surface area contributed by atoms with Gasteiger partial charge in [-0.1, -0.05) is 49.1 Å². The van der Waals surface area contributed by atoms with Crippen LogP contribution in [0.4, 0.5) is 0 Å². The molecule has 1 saturated carbocycles. The monoisotopic (exact) mass is 421 g/mol. The van der Waals surface area contributed by atoms with Gasteiger partial charge in [0.05, 0.1) is 12.7 Å². The first kappa shape index (κ1) is 19.2. The van der Waals surface area contributed by atoms with Crippen molar-refractivity contribution in [2.24, 2.45) is 5.41 Å². The van der Waals surface area contributed by atoms with Crippen molar-refractivity contribution in [1.29, 1.82) is 0 Å². The quantitative estimate of drug-likeness (QED) is 0.645. The number of fused-ring (bicyclic) bond motifs is 1. The van der Waals surface area contributed by atoms with Crippen molar-refractivity contribution < 1.29 is 9.53 Å². The highest BCUT2D eigenvalue weighted by Crippen LogP contribution is 2.54. The molecule has 4 rings (SSSR count). The zero-order chi connectivity index (χ0) is 18.9. The SMILES string of the molecule is COc1c(C(=O)NCC2(C3CSc4ccccc43)CCCCC2)csc1Cl. The summed E-state index contributed by atoms with van der Waals surface area (Å²) in [5, 5.41) is 5.01. The molecule has 3 nitrogen and oxygen atoms in total. The van der Waals surface area contributed by atoms with E-state index < -0.39 is 0 Å². The molecule has 1 fully saturated rings. The minimum absolute atomic E-state index is 0.0844. The first-order valence-electron chi connectivity index (χ1n) is 9.45. The topological polar surface area (TPSA) is 38.3 Å². The van der Waals surface area contributed by atoms with Gasteiger partial charge in [0.2, 0.25) is 0 Å². The fourth-order valence-corrected chi connectivity index (χ4v) is 7.08. The first-order valence-corrected chi connectivity index (χ1v) is 11.7. The molecular weight excluding hydrogens is 398 g/mol. The van der Waals surface area contributed by atoms with Crippen molar-refractivity contribution in [3.63, 3.8) is 0 Å². The highest BCUT2D eigenvalue weighted by atomic mass is 35.5. The van der Waals surface area contributed by atoms with Gasteiger partial charge in [-0.15, -0.1) is 23.1 Å². The summed E-state index contributed by atoms with van der Waals surface area (Å²) in [4.78, 5) is 14.2. The Hall–Kier alpha value is -1.17. The molecule has 27 heavy (non-hydrogen) atoms. The second-order valence-electron chi connectivity index (χ2n) is 7.46. The van der Waals surface area contributed by atoms with Crippen LogP contribution in [0.3, 0.4) is 0 Å². The van der Waals surface area contributed by atoms with E-state index in [4.69, 9.17) is 16.3 Å². The number of rotatable bonds is 5. The number of carbonyl (C=O) groups excluding carboxylic acids is 1. The van der Waals surface area contributed by atoms with Gasteiger partial charge in [-0.25, -0.2) is 0 Å². The maximum Gasteiger partial charge on any atom is 0.255 e. The largest absolute Gasteiger partial charge is 0.493 e. The van der Waals surface area contributed by atoms with Gasteiger partial charge >= 0.3 is 0 Å².